The first-order valence-corrected chi connectivity index (χ1v) is 12.8. The maximum Gasteiger partial charge on any atom is 0.421 e. The second-order valence-electron chi connectivity index (χ2n) is 7.68. The van der Waals surface area contributed by atoms with Crippen molar-refractivity contribution in [1.29, 1.82) is 0 Å². The third kappa shape index (κ3) is 6.91. The van der Waals surface area contributed by atoms with Crippen LogP contribution in [0.25, 0.3) is 0 Å². The van der Waals surface area contributed by atoms with Gasteiger partial charge in [-0.15, -0.1) is 6.58 Å². The fraction of sp³-hybridized carbons (Fsp3) is 0.174. The molecule has 1 amide bonds. The highest BCUT2D eigenvalue weighted by atomic mass is 31.2. The molecule has 0 fully saturated rings. The van der Waals surface area contributed by atoms with Gasteiger partial charge in [0.25, 0.3) is 5.91 Å². The molecule has 0 aliphatic carbocycles. The van der Waals surface area contributed by atoms with Crippen molar-refractivity contribution in [3.05, 3.63) is 78.5 Å². The van der Waals surface area contributed by atoms with E-state index >= 15 is 0 Å². The molecule has 0 saturated carbocycles. The maximum atomic E-state index is 13.6. The summed E-state index contributed by atoms with van der Waals surface area (Å²) in [6.07, 6.45) is -2.58. The number of benzene rings is 2. The van der Waals surface area contributed by atoms with Crippen LogP contribution in [-0.4, -0.2) is 35.8 Å². The summed E-state index contributed by atoms with van der Waals surface area (Å²) in [5.74, 6) is -1.08. The fourth-order valence-corrected chi connectivity index (χ4v) is 4.14. The average molecular weight is 505 g/mol. The number of para-hydroxylation sites is 1. The predicted molar refractivity (Wildman–Crippen MR) is 129 cm³/mol. The largest absolute Gasteiger partial charge is 0.421 e. The van der Waals surface area contributed by atoms with Crippen LogP contribution in [0.2, 0.25) is 0 Å². The molecule has 0 aliphatic heterocycles. The van der Waals surface area contributed by atoms with Crippen LogP contribution < -0.4 is 21.4 Å². The Balaban J connectivity index is 1.87. The highest BCUT2D eigenvalue weighted by Crippen LogP contribution is 2.40. The summed E-state index contributed by atoms with van der Waals surface area (Å²) in [6.45, 7) is 6.67. The number of carbonyl (C=O) groups excluding carboxylic acids is 1. The molecule has 0 spiro atoms. The van der Waals surface area contributed by atoms with Crippen molar-refractivity contribution >= 4 is 41.5 Å². The van der Waals surface area contributed by atoms with Gasteiger partial charge in [-0.25, -0.2) is 10.5 Å². The van der Waals surface area contributed by atoms with Crippen molar-refractivity contribution in [2.75, 3.05) is 30.6 Å². The zero-order chi connectivity index (χ0) is 25.6. The summed E-state index contributed by atoms with van der Waals surface area (Å²) >= 11 is 0. The number of amides is 1. The van der Waals surface area contributed by atoms with E-state index in [4.69, 9.17) is 4.84 Å². The fourth-order valence-electron chi connectivity index (χ4n) is 2.98. The van der Waals surface area contributed by atoms with Gasteiger partial charge in [-0.3, -0.25) is 9.63 Å². The van der Waals surface area contributed by atoms with E-state index in [1.165, 1.54) is 49.7 Å². The molecule has 3 aromatic rings. The Kier molecular flexibility index (Phi) is 7.93. The van der Waals surface area contributed by atoms with E-state index in [2.05, 4.69) is 32.7 Å². The van der Waals surface area contributed by atoms with Crippen molar-refractivity contribution in [3.8, 4) is 0 Å². The molecule has 2 aromatic carbocycles. The second-order valence-corrected chi connectivity index (χ2v) is 10.9. The zero-order valence-corrected chi connectivity index (χ0v) is 19.8. The van der Waals surface area contributed by atoms with Gasteiger partial charge >= 0.3 is 6.18 Å². The molecule has 3 N–H and O–H groups in total. The predicted octanol–water partition coefficient (Wildman–Crippen LogP) is 5.08. The number of carbonyl (C=O) groups is 1. The minimum Gasteiger partial charge on any atom is -0.339 e. The summed E-state index contributed by atoms with van der Waals surface area (Å²) in [6, 6.07) is 12.5. The molecule has 1 heterocycles. The second kappa shape index (κ2) is 10.7. The first-order chi connectivity index (χ1) is 16.5. The quantitative estimate of drug-likeness (QED) is 0.161. The summed E-state index contributed by atoms with van der Waals surface area (Å²) in [7, 11) is -2.79. The summed E-state index contributed by atoms with van der Waals surface area (Å²) in [5, 5.41) is 5.88. The molecule has 3 rings (SSSR count). The first-order valence-electron chi connectivity index (χ1n) is 10.2. The molecular weight excluding hydrogens is 482 g/mol. The van der Waals surface area contributed by atoms with Crippen LogP contribution in [0.4, 0.5) is 36.3 Å². The van der Waals surface area contributed by atoms with Gasteiger partial charge in [0.1, 0.15) is 18.5 Å². The minimum absolute atomic E-state index is 0.110. The number of rotatable bonds is 9. The average Bonchev–Trinajstić information content (AvgIpc) is 2.79. The van der Waals surface area contributed by atoms with Crippen LogP contribution in [-0.2, 0) is 15.6 Å². The van der Waals surface area contributed by atoms with Crippen molar-refractivity contribution in [3.63, 3.8) is 0 Å². The Morgan fingerprint density at radius 3 is 2.43 bits per heavy atom. The van der Waals surface area contributed by atoms with E-state index in [1.54, 1.807) is 18.2 Å². The number of hydrogen-bond acceptors (Lipinski definition) is 7. The monoisotopic (exact) mass is 505 g/mol. The van der Waals surface area contributed by atoms with Gasteiger partial charge in [0.15, 0.2) is 0 Å². The molecule has 1 aromatic heterocycles. The third-order valence-electron chi connectivity index (χ3n) is 4.60. The van der Waals surface area contributed by atoms with Gasteiger partial charge in [-0.1, -0.05) is 18.2 Å². The van der Waals surface area contributed by atoms with E-state index in [0.717, 1.165) is 0 Å². The van der Waals surface area contributed by atoms with E-state index in [0.29, 0.717) is 22.8 Å². The lowest BCUT2D eigenvalue weighted by Crippen LogP contribution is -2.23. The first kappa shape index (κ1) is 25.9. The SMILES string of the molecule is C=CCONC(=O)c1ccc(Nc2ncc(C(F)(F)F)c(Nc3ccccc3P(C)(C)=O)n2)cc1. The van der Waals surface area contributed by atoms with E-state index in [1.807, 2.05) is 0 Å². The lowest BCUT2D eigenvalue weighted by molar-refractivity contribution is -0.137. The topological polar surface area (TPSA) is 105 Å². The standard InChI is InChI=1S/C23H23F3N5O3P/c1-4-13-34-31-21(32)15-9-11-16(12-10-15)28-22-27-14-17(23(24,25)26)20(30-22)29-18-7-5-6-8-19(18)35(2,3)33/h4-12,14H,1,13H2,2-3H3,(H,31,32)(H2,27,28,29,30). The molecule has 8 nitrogen and oxygen atoms in total. The van der Waals surface area contributed by atoms with Crippen LogP contribution in [0.5, 0.6) is 0 Å². The van der Waals surface area contributed by atoms with Gasteiger partial charge in [-0.05, 0) is 49.7 Å². The number of hydroxylamine groups is 1. The molecule has 0 bridgehead atoms. The van der Waals surface area contributed by atoms with Gasteiger partial charge in [-0.2, -0.15) is 18.2 Å². The van der Waals surface area contributed by atoms with Gasteiger partial charge in [0.2, 0.25) is 5.95 Å². The Hall–Kier alpha value is -3.69. The third-order valence-corrected chi connectivity index (χ3v) is 6.15. The highest BCUT2D eigenvalue weighted by Gasteiger charge is 2.35. The van der Waals surface area contributed by atoms with Crippen molar-refractivity contribution in [2.24, 2.45) is 0 Å². The number of halogens is 3. The van der Waals surface area contributed by atoms with E-state index in [-0.39, 0.29) is 18.2 Å². The van der Waals surface area contributed by atoms with Crippen molar-refractivity contribution in [2.45, 2.75) is 6.18 Å². The van der Waals surface area contributed by atoms with Gasteiger partial charge < -0.3 is 15.2 Å². The van der Waals surface area contributed by atoms with Crippen LogP contribution in [0, 0.1) is 0 Å². The maximum absolute atomic E-state index is 13.6. The van der Waals surface area contributed by atoms with Crippen molar-refractivity contribution < 1.29 is 27.4 Å². The van der Waals surface area contributed by atoms with Crippen LogP contribution in [0.3, 0.4) is 0 Å². The molecule has 0 aliphatic rings. The lowest BCUT2D eigenvalue weighted by Gasteiger charge is -2.18. The summed E-state index contributed by atoms with van der Waals surface area (Å²) in [4.78, 5) is 24.7. The molecule has 0 radical (unpaired) electrons. The number of alkyl halides is 3. The van der Waals surface area contributed by atoms with Gasteiger partial charge in [0, 0.05) is 22.8 Å². The Bertz CT molecular complexity index is 1260. The molecule has 12 heteroatoms. The smallest absolute Gasteiger partial charge is 0.339 e. The lowest BCUT2D eigenvalue weighted by atomic mass is 10.2. The summed E-state index contributed by atoms with van der Waals surface area (Å²) in [5.41, 5.74) is 2.16. The number of anilines is 4. The van der Waals surface area contributed by atoms with E-state index in [9.17, 15) is 22.5 Å². The Morgan fingerprint density at radius 2 is 1.80 bits per heavy atom. The minimum atomic E-state index is -4.72. The highest BCUT2D eigenvalue weighted by molar-refractivity contribution is 7.70. The molecule has 0 unspecified atom stereocenters. The number of hydrogen-bond donors (Lipinski definition) is 3. The molecule has 35 heavy (non-hydrogen) atoms. The Morgan fingerprint density at radius 1 is 1.11 bits per heavy atom. The number of aromatic nitrogens is 2. The number of nitrogens with one attached hydrogen (secondary N) is 3. The van der Waals surface area contributed by atoms with Crippen LogP contribution in [0.1, 0.15) is 15.9 Å². The van der Waals surface area contributed by atoms with Crippen LogP contribution in [0.15, 0.2) is 67.4 Å². The zero-order valence-electron chi connectivity index (χ0n) is 18.9. The molecule has 0 saturated heterocycles. The van der Waals surface area contributed by atoms with Gasteiger partial charge in [0.05, 0.1) is 12.3 Å². The molecule has 0 atom stereocenters. The Labute approximate surface area is 200 Å². The summed E-state index contributed by atoms with van der Waals surface area (Å²) < 4.78 is 53.5. The van der Waals surface area contributed by atoms with Crippen LogP contribution >= 0.6 is 7.14 Å². The number of nitrogens with zero attached hydrogens (tertiary/aromatic N) is 2. The molecule has 184 valence electrons. The van der Waals surface area contributed by atoms with Crippen molar-refractivity contribution in [1.82, 2.24) is 15.4 Å². The molecular formula is C23H23F3N5O3P. The van der Waals surface area contributed by atoms with E-state index < -0.39 is 30.6 Å². The normalized spacial score (nSPS) is 11.6.